The van der Waals surface area contributed by atoms with Crippen molar-refractivity contribution in [2.75, 3.05) is 6.54 Å². The number of hydrogen-bond donors (Lipinski definition) is 2. The molecule has 0 fully saturated rings. The van der Waals surface area contributed by atoms with Crippen LogP contribution in [0.3, 0.4) is 0 Å². The fourth-order valence-electron chi connectivity index (χ4n) is 1.22. The highest BCUT2D eigenvalue weighted by atomic mass is 32.2. The minimum Gasteiger partial charge on any atom is -0.480 e. The Morgan fingerprint density at radius 1 is 1.41 bits per heavy atom. The lowest BCUT2D eigenvalue weighted by molar-refractivity contribution is -0.136. The summed E-state index contributed by atoms with van der Waals surface area (Å²) in [5.74, 6) is -3.98. The minimum absolute atomic E-state index is 0.363. The number of carboxylic acid groups (broad SMARTS) is 1. The first-order valence-electron chi connectivity index (χ1n) is 4.42. The smallest absolute Gasteiger partial charge is 0.323 e. The van der Waals surface area contributed by atoms with E-state index in [1.165, 1.54) is 0 Å². The Balaban J connectivity index is 3.35. The third kappa shape index (κ3) is 2.59. The second-order valence-electron chi connectivity index (χ2n) is 3.18. The zero-order valence-corrected chi connectivity index (χ0v) is 9.25. The number of benzene rings is 1. The van der Waals surface area contributed by atoms with Gasteiger partial charge in [-0.15, -0.1) is 0 Å². The van der Waals surface area contributed by atoms with E-state index in [1.54, 1.807) is 0 Å². The molecule has 0 spiro atoms. The highest BCUT2D eigenvalue weighted by Gasteiger charge is 2.34. The number of nitrogens with two attached hydrogens (primary N) is 1. The maximum atomic E-state index is 13.3. The van der Waals surface area contributed by atoms with Gasteiger partial charge < -0.3 is 10.8 Å². The van der Waals surface area contributed by atoms with Gasteiger partial charge in [0.2, 0.25) is 0 Å². The van der Waals surface area contributed by atoms with E-state index in [0.717, 1.165) is 6.07 Å². The number of hydrogen-bond acceptors (Lipinski definition) is 4. The zero-order valence-electron chi connectivity index (χ0n) is 8.43. The first kappa shape index (κ1) is 13.5. The maximum Gasteiger partial charge on any atom is 0.323 e. The van der Waals surface area contributed by atoms with Crippen LogP contribution >= 0.6 is 0 Å². The van der Waals surface area contributed by atoms with E-state index in [0.29, 0.717) is 12.1 Å². The Hall–Kier alpha value is -1.54. The summed E-state index contributed by atoms with van der Waals surface area (Å²) < 4.78 is 49.3. The van der Waals surface area contributed by atoms with Gasteiger partial charge >= 0.3 is 5.97 Å². The minimum atomic E-state index is -4.46. The van der Waals surface area contributed by atoms with Crippen LogP contribution in [0.25, 0.3) is 0 Å². The topological polar surface area (TPSA) is 97.5 Å². The number of aliphatic carboxylic acids is 1. The summed E-state index contributed by atoms with van der Waals surface area (Å²) in [4.78, 5) is 9.80. The number of carbonyl (C=O) groups is 1. The quantitative estimate of drug-likeness (QED) is 0.755. The Morgan fingerprint density at radius 2 is 2.00 bits per heavy atom. The van der Waals surface area contributed by atoms with E-state index >= 15 is 0 Å². The molecule has 1 atom stereocenters. The highest BCUT2D eigenvalue weighted by Crippen LogP contribution is 2.20. The molecule has 0 aromatic heterocycles. The van der Waals surface area contributed by atoms with Crippen LogP contribution in [0.2, 0.25) is 0 Å². The van der Waals surface area contributed by atoms with E-state index in [4.69, 9.17) is 10.8 Å². The molecule has 0 saturated heterocycles. The standard InChI is InChI=1S/C9H9F2NO4S/c10-5-1-2-7(6(11)3-5)17(15,16)8(4-12)9(13)14/h1-3,8H,4,12H2,(H,13,14). The van der Waals surface area contributed by atoms with Crippen LogP contribution in [0.1, 0.15) is 0 Å². The molecule has 0 aliphatic carbocycles. The van der Waals surface area contributed by atoms with Gasteiger partial charge in [0.15, 0.2) is 15.1 Å². The van der Waals surface area contributed by atoms with E-state index in [9.17, 15) is 22.0 Å². The van der Waals surface area contributed by atoms with Crippen molar-refractivity contribution in [2.45, 2.75) is 10.1 Å². The molecule has 1 rings (SSSR count). The van der Waals surface area contributed by atoms with Crippen LogP contribution in [0.4, 0.5) is 8.78 Å². The summed E-state index contributed by atoms with van der Waals surface area (Å²) in [6.45, 7) is -0.700. The molecule has 0 saturated carbocycles. The summed E-state index contributed by atoms with van der Waals surface area (Å²) in [6.07, 6.45) is 0. The van der Waals surface area contributed by atoms with Gasteiger partial charge in [-0.2, -0.15) is 0 Å². The van der Waals surface area contributed by atoms with E-state index in [-0.39, 0.29) is 0 Å². The second kappa shape index (κ2) is 4.76. The van der Waals surface area contributed by atoms with Crippen LogP contribution in [0.5, 0.6) is 0 Å². The molecule has 0 aliphatic rings. The molecular weight excluding hydrogens is 256 g/mol. The predicted octanol–water partition coefficient (Wildman–Crippen LogP) is 0.150. The Labute approximate surface area is 95.8 Å². The fourth-order valence-corrected chi connectivity index (χ4v) is 2.63. The molecule has 17 heavy (non-hydrogen) atoms. The normalized spacial score (nSPS) is 13.4. The third-order valence-corrected chi connectivity index (χ3v) is 4.15. The van der Waals surface area contributed by atoms with Gasteiger partial charge in [0.25, 0.3) is 0 Å². The van der Waals surface area contributed by atoms with Gasteiger partial charge in [-0.3, -0.25) is 4.79 Å². The van der Waals surface area contributed by atoms with Crippen molar-refractivity contribution in [3.63, 3.8) is 0 Å². The van der Waals surface area contributed by atoms with Crippen molar-refractivity contribution in [3.05, 3.63) is 29.8 Å². The molecular formula is C9H9F2NO4S. The third-order valence-electron chi connectivity index (χ3n) is 2.06. The molecule has 0 aliphatic heterocycles. The molecule has 94 valence electrons. The number of rotatable bonds is 4. The van der Waals surface area contributed by atoms with Gasteiger partial charge in [-0.05, 0) is 12.1 Å². The van der Waals surface area contributed by atoms with Crippen LogP contribution < -0.4 is 5.73 Å². The van der Waals surface area contributed by atoms with Gasteiger partial charge in [-0.1, -0.05) is 0 Å². The van der Waals surface area contributed by atoms with Crippen LogP contribution in [-0.2, 0) is 14.6 Å². The van der Waals surface area contributed by atoms with Gasteiger partial charge in [-0.25, -0.2) is 17.2 Å². The van der Waals surface area contributed by atoms with Crippen molar-refractivity contribution >= 4 is 15.8 Å². The number of halogens is 2. The molecule has 1 aromatic carbocycles. The molecule has 0 heterocycles. The summed E-state index contributed by atoms with van der Waals surface area (Å²) in [6, 6.07) is 1.76. The summed E-state index contributed by atoms with van der Waals surface area (Å²) >= 11 is 0. The summed E-state index contributed by atoms with van der Waals surface area (Å²) in [5, 5.41) is 6.70. The number of carboxylic acids is 1. The zero-order chi connectivity index (χ0) is 13.2. The van der Waals surface area contributed by atoms with Gasteiger partial charge in [0.05, 0.1) is 0 Å². The first-order valence-corrected chi connectivity index (χ1v) is 5.97. The predicted molar refractivity (Wildman–Crippen MR) is 54.0 cm³/mol. The highest BCUT2D eigenvalue weighted by molar-refractivity contribution is 7.92. The molecule has 3 N–H and O–H groups in total. The summed E-state index contributed by atoms with van der Waals surface area (Å²) in [5.41, 5.74) is 5.02. The molecule has 8 heteroatoms. The van der Waals surface area contributed by atoms with Crippen molar-refractivity contribution in [1.29, 1.82) is 0 Å². The Kier molecular flexibility index (Phi) is 3.79. The van der Waals surface area contributed by atoms with Gasteiger partial charge in [0.1, 0.15) is 16.5 Å². The average molecular weight is 265 g/mol. The molecule has 0 radical (unpaired) electrons. The van der Waals surface area contributed by atoms with Crippen LogP contribution in [0.15, 0.2) is 23.1 Å². The average Bonchev–Trinajstić information content (AvgIpc) is 2.16. The molecule has 1 unspecified atom stereocenters. The lowest BCUT2D eigenvalue weighted by atomic mass is 10.3. The first-order chi connectivity index (χ1) is 7.80. The largest absolute Gasteiger partial charge is 0.480 e. The van der Waals surface area contributed by atoms with Crippen molar-refractivity contribution < 1.29 is 27.1 Å². The molecule has 5 nitrogen and oxygen atoms in total. The summed E-state index contributed by atoms with van der Waals surface area (Å²) in [7, 11) is -4.46. The van der Waals surface area contributed by atoms with E-state index in [2.05, 4.69) is 0 Å². The lowest BCUT2D eigenvalue weighted by Gasteiger charge is -2.11. The Morgan fingerprint density at radius 3 is 2.41 bits per heavy atom. The fraction of sp³-hybridized carbons (Fsp3) is 0.222. The van der Waals surface area contributed by atoms with Crippen molar-refractivity contribution in [2.24, 2.45) is 5.73 Å². The molecule has 0 amide bonds. The van der Waals surface area contributed by atoms with Crippen molar-refractivity contribution in [1.82, 2.24) is 0 Å². The van der Waals surface area contributed by atoms with E-state index in [1.807, 2.05) is 0 Å². The maximum absolute atomic E-state index is 13.3. The molecule has 0 bridgehead atoms. The second-order valence-corrected chi connectivity index (χ2v) is 5.28. The van der Waals surface area contributed by atoms with Crippen LogP contribution in [0, 0.1) is 11.6 Å². The van der Waals surface area contributed by atoms with Gasteiger partial charge in [0, 0.05) is 12.6 Å². The number of sulfone groups is 1. The van der Waals surface area contributed by atoms with E-state index < -0.39 is 44.1 Å². The lowest BCUT2D eigenvalue weighted by Crippen LogP contribution is -2.37. The SMILES string of the molecule is NCC(C(=O)O)S(=O)(=O)c1ccc(F)cc1F. The van der Waals surface area contributed by atoms with Crippen molar-refractivity contribution in [3.8, 4) is 0 Å². The van der Waals surface area contributed by atoms with Crippen LogP contribution in [-0.4, -0.2) is 31.3 Å². The monoisotopic (exact) mass is 265 g/mol. The Bertz CT molecular complexity index is 544. The molecule has 1 aromatic rings.